The standard InChI is InChI=1S/C16H25NS/c1-5-11-17-15(12-13(3)6-2)14-9-7-8-10-16(14)18-4/h7-10,15,17H,3,5-6,11-12H2,1-2,4H3. The molecule has 0 aromatic heterocycles. The number of hydrogen-bond acceptors (Lipinski definition) is 2. The molecule has 1 unspecified atom stereocenters. The zero-order valence-electron chi connectivity index (χ0n) is 11.8. The molecular formula is C16H25NS. The molecule has 0 amide bonds. The second kappa shape index (κ2) is 8.39. The van der Waals surface area contributed by atoms with Crippen LogP contribution in [0.25, 0.3) is 0 Å². The Balaban J connectivity index is 2.89. The summed E-state index contributed by atoms with van der Waals surface area (Å²) in [5, 5.41) is 3.65. The van der Waals surface area contributed by atoms with E-state index < -0.39 is 0 Å². The molecule has 0 heterocycles. The van der Waals surface area contributed by atoms with Gasteiger partial charge in [0, 0.05) is 10.9 Å². The van der Waals surface area contributed by atoms with Gasteiger partial charge in [0.15, 0.2) is 0 Å². The van der Waals surface area contributed by atoms with Crippen molar-refractivity contribution in [2.45, 2.75) is 44.0 Å². The molecule has 0 aliphatic rings. The minimum absolute atomic E-state index is 0.404. The summed E-state index contributed by atoms with van der Waals surface area (Å²) in [4.78, 5) is 1.37. The first kappa shape index (κ1) is 15.3. The van der Waals surface area contributed by atoms with Crippen LogP contribution in [-0.2, 0) is 0 Å². The molecule has 0 fully saturated rings. The molecule has 1 aromatic carbocycles. The van der Waals surface area contributed by atoms with Gasteiger partial charge in [0.1, 0.15) is 0 Å². The Hall–Kier alpha value is -0.730. The highest BCUT2D eigenvalue weighted by molar-refractivity contribution is 7.98. The second-order valence-corrected chi connectivity index (χ2v) is 5.40. The molecule has 0 aliphatic carbocycles. The van der Waals surface area contributed by atoms with E-state index in [1.807, 2.05) is 11.8 Å². The Morgan fingerprint density at radius 1 is 1.33 bits per heavy atom. The van der Waals surface area contributed by atoms with Crippen molar-refractivity contribution >= 4 is 11.8 Å². The highest BCUT2D eigenvalue weighted by Gasteiger charge is 2.14. The maximum Gasteiger partial charge on any atom is 0.0368 e. The number of rotatable bonds is 8. The smallest absolute Gasteiger partial charge is 0.0368 e. The molecule has 2 heteroatoms. The minimum atomic E-state index is 0.404. The predicted molar refractivity (Wildman–Crippen MR) is 83.3 cm³/mol. The quantitative estimate of drug-likeness (QED) is 0.534. The van der Waals surface area contributed by atoms with Gasteiger partial charge in [-0.3, -0.25) is 0 Å². The highest BCUT2D eigenvalue weighted by atomic mass is 32.2. The normalized spacial score (nSPS) is 12.4. The molecule has 1 rings (SSSR count). The van der Waals surface area contributed by atoms with Crippen LogP contribution in [0, 0.1) is 0 Å². The van der Waals surface area contributed by atoms with Crippen molar-refractivity contribution in [3.63, 3.8) is 0 Å². The fourth-order valence-electron chi connectivity index (χ4n) is 2.00. The minimum Gasteiger partial charge on any atom is -0.310 e. The van der Waals surface area contributed by atoms with Gasteiger partial charge < -0.3 is 5.32 Å². The Bertz CT molecular complexity index is 373. The van der Waals surface area contributed by atoms with Gasteiger partial charge >= 0.3 is 0 Å². The van der Waals surface area contributed by atoms with E-state index in [1.165, 1.54) is 16.0 Å². The maximum atomic E-state index is 4.16. The molecule has 0 bridgehead atoms. The molecule has 1 aromatic rings. The first-order chi connectivity index (χ1) is 8.72. The Morgan fingerprint density at radius 2 is 2.06 bits per heavy atom. The summed E-state index contributed by atoms with van der Waals surface area (Å²) in [5.41, 5.74) is 2.73. The average molecular weight is 263 g/mol. The molecule has 100 valence electrons. The number of hydrogen-bond donors (Lipinski definition) is 1. The molecule has 1 nitrogen and oxygen atoms in total. The molecule has 0 aliphatic heterocycles. The topological polar surface area (TPSA) is 12.0 Å². The van der Waals surface area contributed by atoms with Crippen LogP contribution in [-0.4, -0.2) is 12.8 Å². The zero-order valence-corrected chi connectivity index (χ0v) is 12.6. The van der Waals surface area contributed by atoms with E-state index in [1.54, 1.807) is 0 Å². The summed E-state index contributed by atoms with van der Waals surface area (Å²) in [5.74, 6) is 0. The Labute approximate surface area is 116 Å². The summed E-state index contributed by atoms with van der Waals surface area (Å²) < 4.78 is 0. The highest BCUT2D eigenvalue weighted by Crippen LogP contribution is 2.29. The summed E-state index contributed by atoms with van der Waals surface area (Å²) in [7, 11) is 0. The van der Waals surface area contributed by atoms with E-state index in [0.717, 1.165) is 25.8 Å². The van der Waals surface area contributed by atoms with Gasteiger partial charge in [-0.1, -0.05) is 44.2 Å². The van der Waals surface area contributed by atoms with Crippen LogP contribution >= 0.6 is 11.8 Å². The molecule has 0 spiro atoms. The van der Waals surface area contributed by atoms with Crippen molar-refractivity contribution in [3.8, 4) is 0 Å². The molecule has 1 atom stereocenters. The monoisotopic (exact) mass is 263 g/mol. The third-order valence-corrected chi connectivity index (χ3v) is 3.96. The number of thioether (sulfide) groups is 1. The Morgan fingerprint density at radius 3 is 2.67 bits per heavy atom. The second-order valence-electron chi connectivity index (χ2n) is 4.56. The van der Waals surface area contributed by atoms with Crippen molar-refractivity contribution in [1.29, 1.82) is 0 Å². The lowest BCUT2D eigenvalue weighted by atomic mass is 9.98. The van der Waals surface area contributed by atoms with Gasteiger partial charge in [0.2, 0.25) is 0 Å². The molecular weight excluding hydrogens is 238 g/mol. The lowest BCUT2D eigenvalue weighted by Crippen LogP contribution is -2.23. The van der Waals surface area contributed by atoms with Crippen LogP contribution in [0.5, 0.6) is 0 Å². The van der Waals surface area contributed by atoms with E-state index in [9.17, 15) is 0 Å². The van der Waals surface area contributed by atoms with Gasteiger partial charge in [-0.2, -0.15) is 0 Å². The van der Waals surface area contributed by atoms with E-state index in [0.29, 0.717) is 6.04 Å². The lowest BCUT2D eigenvalue weighted by Gasteiger charge is -2.22. The van der Waals surface area contributed by atoms with Crippen LogP contribution < -0.4 is 5.32 Å². The molecule has 0 saturated heterocycles. The van der Waals surface area contributed by atoms with Gasteiger partial charge in [0.25, 0.3) is 0 Å². The third-order valence-electron chi connectivity index (χ3n) is 3.15. The van der Waals surface area contributed by atoms with Gasteiger partial charge in [-0.25, -0.2) is 0 Å². The van der Waals surface area contributed by atoms with Crippen molar-refractivity contribution in [2.75, 3.05) is 12.8 Å². The van der Waals surface area contributed by atoms with E-state index in [4.69, 9.17) is 0 Å². The van der Waals surface area contributed by atoms with Crippen LogP contribution in [0.1, 0.15) is 44.7 Å². The van der Waals surface area contributed by atoms with E-state index in [2.05, 4.69) is 56.3 Å². The van der Waals surface area contributed by atoms with Crippen molar-refractivity contribution in [3.05, 3.63) is 42.0 Å². The van der Waals surface area contributed by atoms with Crippen LogP contribution in [0.4, 0.5) is 0 Å². The van der Waals surface area contributed by atoms with E-state index >= 15 is 0 Å². The van der Waals surface area contributed by atoms with Crippen molar-refractivity contribution in [1.82, 2.24) is 5.32 Å². The number of nitrogens with one attached hydrogen (secondary N) is 1. The molecule has 18 heavy (non-hydrogen) atoms. The lowest BCUT2D eigenvalue weighted by molar-refractivity contribution is 0.517. The average Bonchev–Trinajstić information content (AvgIpc) is 2.43. The van der Waals surface area contributed by atoms with Crippen molar-refractivity contribution < 1.29 is 0 Å². The zero-order chi connectivity index (χ0) is 13.4. The largest absolute Gasteiger partial charge is 0.310 e. The Kier molecular flexibility index (Phi) is 7.14. The fourth-order valence-corrected chi connectivity index (χ4v) is 2.66. The van der Waals surface area contributed by atoms with Gasteiger partial charge in [0.05, 0.1) is 0 Å². The van der Waals surface area contributed by atoms with Crippen molar-refractivity contribution in [2.24, 2.45) is 0 Å². The summed E-state index contributed by atoms with van der Waals surface area (Å²) in [6.07, 6.45) is 5.40. The van der Waals surface area contributed by atoms with Crippen LogP contribution in [0.15, 0.2) is 41.3 Å². The maximum absolute atomic E-state index is 4.16. The summed E-state index contributed by atoms with van der Waals surface area (Å²) in [6.45, 7) is 9.60. The molecule has 0 saturated carbocycles. The van der Waals surface area contributed by atoms with Crippen LogP contribution in [0.3, 0.4) is 0 Å². The first-order valence-electron chi connectivity index (χ1n) is 6.75. The first-order valence-corrected chi connectivity index (χ1v) is 7.98. The van der Waals surface area contributed by atoms with Crippen LogP contribution in [0.2, 0.25) is 0 Å². The van der Waals surface area contributed by atoms with Gasteiger partial charge in [-0.05, 0) is 43.7 Å². The number of benzene rings is 1. The summed E-state index contributed by atoms with van der Waals surface area (Å²) >= 11 is 1.82. The summed E-state index contributed by atoms with van der Waals surface area (Å²) in [6, 6.07) is 9.09. The van der Waals surface area contributed by atoms with Gasteiger partial charge in [-0.15, -0.1) is 11.8 Å². The predicted octanol–water partition coefficient (Wildman–Crippen LogP) is 4.81. The third kappa shape index (κ3) is 4.51. The fraction of sp³-hybridized carbons (Fsp3) is 0.500. The SMILES string of the molecule is C=C(CC)CC(NCCC)c1ccccc1SC. The van der Waals surface area contributed by atoms with E-state index in [-0.39, 0.29) is 0 Å². The molecule has 1 N–H and O–H groups in total. The molecule has 0 radical (unpaired) electrons.